The molecule has 1 aromatic carbocycles. The summed E-state index contributed by atoms with van der Waals surface area (Å²) < 4.78 is 43.4. The van der Waals surface area contributed by atoms with Crippen molar-refractivity contribution in [2.75, 3.05) is 20.7 Å². The molecule has 9 heteroatoms. The lowest BCUT2D eigenvalue weighted by molar-refractivity contribution is -0.140. The van der Waals surface area contributed by atoms with Crippen LogP contribution in [-0.4, -0.2) is 44.4 Å². The third-order valence-corrected chi connectivity index (χ3v) is 4.54. The van der Waals surface area contributed by atoms with Crippen molar-refractivity contribution < 1.29 is 22.3 Å². The van der Waals surface area contributed by atoms with Gasteiger partial charge in [0.1, 0.15) is 17.4 Å². The first-order chi connectivity index (χ1) is 9.21. The van der Waals surface area contributed by atoms with Gasteiger partial charge in [-0.05, 0) is 12.1 Å². The van der Waals surface area contributed by atoms with Gasteiger partial charge in [0.25, 0.3) is 0 Å². The molecule has 0 fully saturated rings. The summed E-state index contributed by atoms with van der Waals surface area (Å²) in [7, 11) is -1.82. The molecule has 0 saturated heterocycles. The predicted octanol–water partition coefficient (Wildman–Crippen LogP) is 0.253. The van der Waals surface area contributed by atoms with Crippen molar-refractivity contribution in [3.05, 3.63) is 29.6 Å². The lowest BCUT2D eigenvalue weighted by atomic mass is 10.2. The second kappa shape index (κ2) is 6.25. The predicted molar refractivity (Wildman–Crippen MR) is 74.1 cm³/mol. The highest BCUT2D eigenvalue weighted by atomic mass is 32.2. The van der Waals surface area contributed by atoms with Gasteiger partial charge >= 0.3 is 5.97 Å². The van der Waals surface area contributed by atoms with Crippen molar-refractivity contribution in [3.63, 3.8) is 0 Å². The topological polar surface area (TPSA) is 89.7 Å². The maximum absolute atomic E-state index is 13.7. The number of hydrogen-bond acceptors (Lipinski definition) is 5. The van der Waals surface area contributed by atoms with E-state index >= 15 is 0 Å². The molecular weight excluding hydrogens is 307 g/mol. The molecule has 0 heterocycles. The average Bonchev–Trinajstić information content (AvgIpc) is 2.37. The molecule has 20 heavy (non-hydrogen) atoms. The first kappa shape index (κ1) is 16.5. The van der Waals surface area contributed by atoms with Gasteiger partial charge < -0.3 is 10.5 Å². The third-order valence-electron chi connectivity index (χ3n) is 2.49. The van der Waals surface area contributed by atoms with E-state index in [0.29, 0.717) is 0 Å². The maximum Gasteiger partial charge on any atom is 0.321 e. The van der Waals surface area contributed by atoms with Gasteiger partial charge in [0, 0.05) is 7.05 Å². The lowest BCUT2D eigenvalue weighted by Gasteiger charge is -2.18. The molecule has 0 aliphatic rings. The number of halogens is 1. The van der Waals surface area contributed by atoms with Crippen molar-refractivity contribution in [2.24, 2.45) is 5.73 Å². The van der Waals surface area contributed by atoms with Gasteiger partial charge in [-0.15, -0.1) is 0 Å². The molecule has 0 saturated carbocycles. The van der Waals surface area contributed by atoms with Gasteiger partial charge in [0.05, 0.1) is 17.6 Å². The van der Waals surface area contributed by atoms with E-state index in [0.717, 1.165) is 17.5 Å². The summed E-state index contributed by atoms with van der Waals surface area (Å²) in [5, 5.41) is 0. The Balaban J connectivity index is 3.33. The molecule has 0 aliphatic carbocycles. The Morgan fingerprint density at radius 3 is 2.60 bits per heavy atom. The minimum absolute atomic E-state index is 0.376. The molecule has 110 valence electrons. The molecule has 0 unspecified atom stereocenters. The summed E-state index contributed by atoms with van der Waals surface area (Å²) >= 11 is 4.67. The van der Waals surface area contributed by atoms with Gasteiger partial charge in [-0.2, -0.15) is 4.31 Å². The molecule has 1 rings (SSSR count). The van der Waals surface area contributed by atoms with Crippen LogP contribution < -0.4 is 5.73 Å². The van der Waals surface area contributed by atoms with Gasteiger partial charge in [0.15, 0.2) is 0 Å². The van der Waals surface area contributed by atoms with Crippen molar-refractivity contribution in [1.29, 1.82) is 0 Å². The number of carbonyl (C=O) groups excluding carboxylic acids is 1. The quantitative estimate of drug-likeness (QED) is 0.618. The number of benzene rings is 1. The Morgan fingerprint density at radius 1 is 1.50 bits per heavy atom. The zero-order valence-corrected chi connectivity index (χ0v) is 12.4. The largest absolute Gasteiger partial charge is 0.468 e. The number of methoxy groups -OCH3 is 1. The van der Waals surface area contributed by atoms with E-state index in [1.165, 1.54) is 19.2 Å². The summed E-state index contributed by atoms with van der Waals surface area (Å²) in [4.78, 5) is 10.4. The fourth-order valence-electron chi connectivity index (χ4n) is 1.46. The minimum Gasteiger partial charge on any atom is -0.468 e. The molecule has 1 aromatic rings. The van der Waals surface area contributed by atoms with Gasteiger partial charge in [-0.1, -0.05) is 18.3 Å². The van der Waals surface area contributed by atoms with E-state index in [-0.39, 0.29) is 10.6 Å². The summed E-state index contributed by atoms with van der Waals surface area (Å²) in [6.45, 7) is -0.508. The zero-order chi connectivity index (χ0) is 15.5. The molecule has 6 nitrogen and oxygen atoms in total. The Labute approximate surface area is 121 Å². The highest BCUT2D eigenvalue weighted by Crippen LogP contribution is 2.21. The smallest absolute Gasteiger partial charge is 0.321 e. The molecule has 2 N–H and O–H groups in total. The number of nitrogens with zero attached hydrogens (tertiary/aromatic N) is 1. The van der Waals surface area contributed by atoms with E-state index < -0.39 is 33.3 Å². The highest BCUT2D eigenvalue weighted by Gasteiger charge is 2.28. The van der Waals surface area contributed by atoms with Crippen LogP contribution >= 0.6 is 12.2 Å². The van der Waals surface area contributed by atoms with E-state index in [9.17, 15) is 17.6 Å². The normalized spacial score (nSPS) is 11.4. The Kier molecular flexibility index (Phi) is 5.15. The highest BCUT2D eigenvalue weighted by molar-refractivity contribution is 7.89. The monoisotopic (exact) mass is 320 g/mol. The van der Waals surface area contributed by atoms with E-state index in [1.54, 1.807) is 0 Å². The van der Waals surface area contributed by atoms with Gasteiger partial charge in [-0.25, -0.2) is 12.8 Å². The number of nitrogens with two attached hydrogens (primary N) is 1. The number of carbonyl (C=O) groups is 1. The van der Waals surface area contributed by atoms with Crippen molar-refractivity contribution in [2.45, 2.75) is 4.90 Å². The number of rotatable bonds is 5. The molecule has 0 amide bonds. The Morgan fingerprint density at radius 2 is 2.10 bits per heavy atom. The third kappa shape index (κ3) is 3.30. The summed E-state index contributed by atoms with van der Waals surface area (Å²) in [6.07, 6.45) is 0. The number of sulfonamides is 1. The van der Waals surface area contributed by atoms with Crippen molar-refractivity contribution >= 4 is 33.2 Å². The Hall–Kier alpha value is -1.58. The molecule has 0 aliphatic heterocycles. The average molecular weight is 320 g/mol. The van der Waals surface area contributed by atoms with Crippen LogP contribution in [0.3, 0.4) is 0 Å². The maximum atomic E-state index is 13.7. The molecule has 0 spiro atoms. The van der Waals surface area contributed by atoms with Crippen LogP contribution in [0.5, 0.6) is 0 Å². The first-order valence-corrected chi connectivity index (χ1v) is 7.18. The SMILES string of the molecule is COC(=O)CN(C)S(=O)(=O)c1cccc(F)c1C(N)=S. The summed E-state index contributed by atoms with van der Waals surface area (Å²) in [5.41, 5.74) is 4.98. The Bertz CT molecular complexity index is 646. The van der Waals surface area contributed by atoms with Crippen LogP contribution in [0.1, 0.15) is 5.56 Å². The van der Waals surface area contributed by atoms with Crippen molar-refractivity contribution in [1.82, 2.24) is 4.31 Å². The molecule has 0 bridgehead atoms. The number of hydrogen-bond donors (Lipinski definition) is 1. The minimum atomic E-state index is -4.12. The summed E-state index contributed by atoms with van der Waals surface area (Å²) in [6, 6.07) is 3.43. The van der Waals surface area contributed by atoms with E-state index in [2.05, 4.69) is 17.0 Å². The first-order valence-electron chi connectivity index (χ1n) is 5.33. The van der Waals surface area contributed by atoms with Crippen LogP contribution in [0.15, 0.2) is 23.1 Å². The van der Waals surface area contributed by atoms with Crippen LogP contribution in [0.4, 0.5) is 4.39 Å². The fourth-order valence-corrected chi connectivity index (χ4v) is 3.06. The number of thiocarbonyl (C=S) groups is 1. The van der Waals surface area contributed by atoms with Crippen LogP contribution in [0, 0.1) is 5.82 Å². The van der Waals surface area contributed by atoms with Gasteiger partial charge in [0.2, 0.25) is 10.0 Å². The molecule has 0 radical (unpaired) electrons. The van der Waals surface area contributed by atoms with Crippen LogP contribution in [0.25, 0.3) is 0 Å². The zero-order valence-electron chi connectivity index (χ0n) is 10.8. The molecular formula is C11H13FN2O4S2. The summed E-state index contributed by atoms with van der Waals surface area (Å²) in [5.74, 6) is -1.59. The molecule has 0 atom stereocenters. The lowest BCUT2D eigenvalue weighted by Crippen LogP contribution is -2.34. The second-order valence-electron chi connectivity index (χ2n) is 3.81. The van der Waals surface area contributed by atoms with Crippen LogP contribution in [-0.2, 0) is 19.6 Å². The molecule has 0 aromatic heterocycles. The standard InChI is InChI=1S/C11H13FN2O4S2/c1-14(6-9(15)18-2)20(16,17)8-5-3-4-7(12)10(8)11(13)19/h3-5H,6H2,1-2H3,(H2,13,19). The number of esters is 1. The van der Waals surface area contributed by atoms with Gasteiger partial charge in [-0.3, -0.25) is 4.79 Å². The number of likely N-dealkylation sites (N-methyl/N-ethyl adjacent to an activating group) is 1. The van der Waals surface area contributed by atoms with Crippen LogP contribution in [0.2, 0.25) is 0 Å². The van der Waals surface area contributed by atoms with E-state index in [4.69, 9.17) is 5.73 Å². The number of ether oxygens (including phenoxy) is 1. The second-order valence-corrected chi connectivity index (χ2v) is 6.27. The van der Waals surface area contributed by atoms with E-state index in [1.807, 2.05) is 0 Å². The van der Waals surface area contributed by atoms with Crippen molar-refractivity contribution in [3.8, 4) is 0 Å². The fraction of sp³-hybridized carbons (Fsp3) is 0.273.